The van der Waals surface area contributed by atoms with E-state index in [0.717, 1.165) is 12.8 Å². The third kappa shape index (κ3) is 5.70. The average molecular weight is 465 g/mol. The molecule has 2 amide bonds. The molecule has 0 saturated carbocycles. The van der Waals surface area contributed by atoms with Crippen molar-refractivity contribution < 1.29 is 23.5 Å². The van der Waals surface area contributed by atoms with E-state index < -0.39 is 14.6 Å². The van der Waals surface area contributed by atoms with Gasteiger partial charge >= 0.3 is 6.09 Å². The number of ether oxygens (including phenoxy) is 1. The number of Topliss-reactive ketones (excluding diaryl/α,β-unsaturated/α-hetero) is 1. The van der Waals surface area contributed by atoms with Gasteiger partial charge < -0.3 is 19.4 Å². The van der Waals surface area contributed by atoms with Crippen molar-refractivity contribution in [2.45, 2.75) is 84.7 Å². The molecule has 1 N–H and O–H groups in total. The molecule has 32 heavy (non-hydrogen) atoms. The van der Waals surface area contributed by atoms with Crippen LogP contribution in [0.4, 0.5) is 4.79 Å². The first-order valence-electron chi connectivity index (χ1n) is 11.6. The molecule has 180 valence electrons. The van der Waals surface area contributed by atoms with E-state index in [1.807, 2.05) is 13.0 Å². The van der Waals surface area contributed by atoms with Crippen LogP contribution in [0.1, 0.15) is 53.9 Å². The molecule has 7 nitrogen and oxygen atoms in total. The summed E-state index contributed by atoms with van der Waals surface area (Å²) in [6, 6.07) is -0.411. The maximum Gasteiger partial charge on any atom is 0.410 e. The van der Waals surface area contributed by atoms with Crippen LogP contribution >= 0.6 is 0 Å². The lowest BCUT2D eigenvalue weighted by Crippen LogP contribution is -2.70. The molecule has 2 aliphatic rings. The van der Waals surface area contributed by atoms with Gasteiger partial charge in [0.05, 0.1) is 23.6 Å². The lowest BCUT2D eigenvalue weighted by molar-refractivity contribution is -0.160. The Morgan fingerprint density at radius 2 is 1.94 bits per heavy atom. The van der Waals surface area contributed by atoms with Gasteiger partial charge in [0.2, 0.25) is 5.91 Å². The van der Waals surface area contributed by atoms with Crippen LogP contribution in [0.2, 0.25) is 13.1 Å². The van der Waals surface area contributed by atoms with Crippen LogP contribution in [0.3, 0.4) is 0 Å². The third-order valence-electron chi connectivity index (χ3n) is 6.72. The van der Waals surface area contributed by atoms with Crippen LogP contribution in [0.5, 0.6) is 0 Å². The van der Waals surface area contributed by atoms with Crippen molar-refractivity contribution in [1.82, 2.24) is 10.2 Å². The van der Waals surface area contributed by atoms with Gasteiger partial charge in [-0.15, -0.1) is 0 Å². The van der Waals surface area contributed by atoms with Gasteiger partial charge in [-0.1, -0.05) is 39.5 Å². The number of likely N-dealkylation sites (tertiary alicyclic amines) is 1. The molecule has 2 saturated heterocycles. The van der Waals surface area contributed by atoms with Crippen LogP contribution in [-0.2, 0) is 18.8 Å². The van der Waals surface area contributed by atoms with Crippen molar-refractivity contribution in [1.29, 1.82) is 0 Å². The summed E-state index contributed by atoms with van der Waals surface area (Å²) < 4.78 is 11.6. The second kappa shape index (κ2) is 10.3. The van der Waals surface area contributed by atoms with Crippen molar-refractivity contribution in [2.75, 3.05) is 13.2 Å². The van der Waals surface area contributed by atoms with E-state index >= 15 is 0 Å². The molecular formula is C24H40N2O5Si. The standard InChI is InChI=1S/C24H40N2O5Si/c1-9-13-30-22(29)26-12-10-11-17(26)14-16(2)19(27)15-18-20(21(28)25-18)24(6,23(3,4)5)31-32(7)8/h9,14,17-18,20,32H,1,10-13,15H2,2-8H3,(H,25,28)/b16-14+/t17-,18+,20+,24+/m0/s1. The summed E-state index contributed by atoms with van der Waals surface area (Å²) in [5.74, 6) is -0.446. The molecule has 0 bridgehead atoms. The van der Waals surface area contributed by atoms with Crippen LogP contribution in [0.15, 0.2) is 24.3 Å². The minimum atomic E-state index is -1.42. The van der Waals surface area contributed by atoms with E-state index in [1.165, 1.54) is 6.08 Å². The van der Waals surface area contributed by atoms with Crippen LogP contribution < -0.4 is 5.32 Å². The van der Waals surface area contributed by atoms with E-state index in [1.54, 1.807) is 11.8 Å². The van der Waals surface area contributed by atoms with Gasteiger partial charge in [0.25, 0.3) is 0 Å². The van der Waals surface area contributed by atoms with Crippen LogP contribution in [0, 0.1) is 11.3 Å². The minimum Gasteiger partial charge on any atom is -0.445 e. The summed E-state index contributed by atoms with van der Waals surface area (Å²) in [4.78, 5) is 39.5. The zero-order valence-corrected chi connectivity index (χ0v) is 21.8. The molecule has 2 fully saturated rings. The van der Waals surface area contributed by atoms with Crippen molar-refractivity contribution in [3.05, 3.63) is 24.3 Å². The number of β-lactam (4-membered cyclic amide) rings is 1. The molecule has 0 aromatic rings. The first-order valence-corrected chi connectivity index (χ1v) is 14.3. The normalized spacial score (nSPS) is 25.8. The molecular weight excluding hydrogens is 424 g/mol. The lowest BCUT2D eigenvalue weighted by Gasteiger charge is -2.54. The van der Waals surface area contributed by atoms with Gasteiger partial charge in [-0.2, -0.15) is 0 Å². The first-order chi connectivity index (χ1) is 14.8. The molecule has 0 aliphatic carbocycles. The Hall–Kier alpha value is -1.93. The van der Waals surface area contributed by atoms with Crippen LogP contribution in [0.25, 0.3) is 0 Å². The number of carbonyl (C=O) groups excluding carboxylic acids is 3. The highest BCUT2D eigenvalue weighted by Gasteiger charge is 2.57. The topological polar surface area (TPSA) is 84.9 Å². The van der Waals surface area contributed by atoms with Crippen molar-refractivity contribution >= 4 is 26.8 Å². The Morgan fingerprint density at radius 1 is 1.28 bits per heavy atom. The van der Waals surface area contributed by atoms with E-state index in [-0.39, 0.29) is 54.2 Å². The zero-order valence-electron chi connectivity index (χ0n) is 20.7. The lowest BCUT2D eigenvalue weighted by atomic mass is 9.63. The fourth-order valence-electron chi connectivity index (χ4n) is 4.60. The zero-order chi connectivity index (χ0) is 24.3. The predicted octanol–water partition coefficient (Wildman–Crippen LogP) is 3.60. The Morgan fingerprint density at radius 3 is 2.47 bits per heavy atom. The smallest absolute Gasteiger partial charge is 0.410 e. The number of hydrogen-bond acceptors (Lipinski definition) is 5. The second-order valence-electron chi connectivity index (χ2n) is 10.4. The highest BCUT2D eigenvalue weighted by Crippen LogP contribution is 2.45. The number of carbonyl (C=O) groups is 3. The number of amides is 2. The Kier molecular flexibility index (Phi) is 8.50. The summed E-state index contributed by atoms with van der Waals surface area (Å²) in [5.41, 5.74) is -0.292. The Bertz CT molecular complexity index is 773. The largest absolute Gasteiger partial charge is 0.445 e. The van der Waals surface area contributed by atoms with Gasteiger partial charge in [-0.05, 0) is 50.8 Å². The third-order valence-corrected chi connectivity index (χ3v) is 7.68. The molecule has 4 atom stereocenters. The van der Waals surface area contributed by atoms with Crippen LogP contribution in [-0.4, -0.2) is 62.6 Å². The van der Waals surface area contributed by atoms with Crippen molar-refractivity contribution in [3.8, 4) is 0 Å². The molecule has 0 spiro atoms. The SMILES string of the molecule is C=CCOC(=O)N1CCC[C@H]1/C=C(\C)C(=O)C[C@H]1NC(=O)[C@@H]1[C@@](C)(O[SiH](C)C)C(C)(C)C. The fourth-order valence-corrected chi connectivity index (χ4v) is 6.08. The number of nitrogens with zero attached hydrogens (tertiary/aromatic N) is 1. The molecule has 0 aromatic carbocycles. The number of nitrogens with one attached hydrogen (secondary N) is 1. The number of hydrogen-bond donors (Lipinski definition) is 1. The van der Waals surface area contributed by atoms with Gasteiger partial charge in [-0.25, -0.2) is 4.79 Å². The summed E-state index contributed by atoms with van der Waals surface area (Å²) in [6.07, 6.45) is 4.90. The molecule has 0 aromatic heterocycles. The quantitative estimate of drug-likeness (QED) is 0.244. The van der Waals surface area contributed by atoms with Crippen molar-refractivity contribution in [2.24, 2.45) is 11.3 Å². The number of allylic oxidation sites excluding steroid dienone is 1. The van der Waals surface area contributed by atoms with Gasteiger partial charge in [0.15, 0.2) is 14.8 Å². The minimum absolute atomic E-state index is 0.0237. The van der Waals surface area contributed by atoms with Gasteiger partial charge in [0.1, 0.15) is 6.61 Å². The van der Waals surface area contributed by atoms with E-state index in [4.69, 9.17) is 9.16 Å². The molecule has 8 heteroatoms. The van der Waals surface area contributed by atoms with E-state index in [9.17, 15) is 14.4 Å². The number of ketones is 1. The molecule has 2 aliphatic heterocycles. The summed E-state index contributed by atoms with van der Waals surface area (Å²) in [5, 5.41) is 2.93. The van der Waals surface area contributed by atoms with E-state index in [2.05, 4.69) is 45.8 Å². The van der Waals surface area contributed by atoms with Gasteiger partial charge in [0, 0.05) is 13.0 Å². The molecule has 2 rings (SSSR count). The Balaban J connectivity index is 2.11. The molecule has 0 unspecified atom stereocenters. The monoisotopic (exact) mass is 464 g/mol. The first kappa shape index (κ1) is 26.3. The van der Waals surface area contributed by atoms with Gasteiger partial charge in [-0.3, -0.25) is 9.59 Å². The predicted molar refractivity (Wildman–Crippen MR) is 128 cm³/mol. The fraction of sp³-hybridized carbons (Fsp3) is 0.708. The summed E-state index contributed by atoms with van der Waals surface area (Å²) in [6.45, 7) is 18.6. The summed E-state index contributed by atoms with van der Waals surface area (Å²) >= 11 is 0. The van der Waals surface area contributed by atoms with Crippen molar-refractivity contribution in [3.63, 3.8) is 0 Å². The number of rotatable bonds is 9. The maximum absolute atomic E-state index is 13.0. The second-order valence-corrected chi connectivity index (χ2v) is 12.7. The molecule has 2 heterocycles. The summed E-state index contributed by atoms with van der Waals surface area (Å²) in [7, 11) is -1.42. The highest BCUT2D eigenvalue weighted by atomic mass is 28.3. The Labute approximate surface area is 194 Å². The maximum atomic E-state index is 13.0. The average Bonchev–Trinajstić information content (AvgIpc) is 3.11. The highest BCUT2D eigenvalue weighted by molar-refractivity contribution is 6.48. The molecule has 0 radical (unpaired) electrons. The van der Waals surface area contributed by atoms with E-state index in [0.29, 0.717) is 12.1 Å².